The summed E-state index contributed by atoms with van der Waals surface area (Å²) in [6, 6.07) is 22.4. The monoisotopic (exact) mass is 394 g/mol. The Labute approximate surface area is 182 Å². The van der Waals surface area contributed by atoms with Gasteiger partial charge in [0.05, 0.1) is 0 Å². The van der Waals surface area contributed by atoms with E-state index in [1.807, 2.05) is 0 Å². The summed E-state index contributed by atoms with van der Waals surface area (Å²) in [7, 11) is 0. The van der Waals surface area contributed by atoms with E-state index in [4.69, 9.17) is 0 Å². The predicted molar refractivity (Wildman–Crippen MR) is 130 cm³/mol. The Morgan fingerprint density at radius 2 is 1.40 bits per heavy atom. The molecule has 1 aliphatic rings. The average Bonchev–Trinajstić information content (AvgIpc) is 2.81. The molecular formula is C30H34. The van der Waals surface area contributed by atoms with E-state index in [2.05, 4.69) is 86.4 Å². The van der Waals surface area contributed by atoms with Crippen LogP contribution in [0.15, 0.2) is 60.7 Å². The fraction of sp³-hybridized carbons (Fsp3) is 0.400. The maximum absolute atomic E-state index is 3.36. The molecule has 0 atom stereocenters. The molecule has 1 fully saturated rings. The Balaban J connectivity index is 1.43. The molecular weight excluding hydrogens is 360 g/mol. The second-order valence-electron chi connectivity index (χ2n) is 9.00. The van der Waals surface area contributed by atoms with Crippen LogP contribution in [0, 0.1) is 17.8 Å². The van der Waals surface area contributed by atoms with Crippen molar-refractivity contribution in [1.29, 1.82) is 0 Å². The van der Waals surface area contributed by atoms with Crippen LogP contribution in [-0.2, 0) is 6.42 Å². The van der Waals surface area contributed by atoms with E-state index in [1.165, 1.54) is 73.3 Å². The molecule has 0 spiro atoms. The molecule has 154 valence electrons. The van der Waals surface area contributed by atoms with Crippen molar-refractivity contribution in [3.63, 3.8) is 0 Å². The molecule has 0 nitrogen and oxygen atoms in total. The van der Waals surface area contributed by atoms with E-state index in [0.29, 0.717) is 0 Å². The molecule has 0 bridgehead atoms. The first-order chi connectivity index (χ1) is 14.7. The molecule has 0 saturated heterocycles. The van der Waals surface area contributed by atoms with Gasteiger partial charge in [0.2, 0.25) is 0 Å². The number of unbranched alkanes of at least 4 members (excludes halogenated alkanes) is 1. The highest BCUT2D eigenvalue weighted by Gasteiger charge is 2.20. The smallest absolute Gasteiger partial charge is 0.0255 e. The molecule has 0 unspecified atom stereocenters. The van der Waals surface area contributed by atoms with Crippen LogP contribution in [0.25, 0.3) is 10.8 Å². The van der Waals surface area contributed by atoms with Crippen LogP contribution in [0.2, 0.25) is 0 Å². The lowest BCUT2D eigenvalue weighted by Crippen LogP contribution is -2.12. The Bertz CT molecular complexity index is 1020. The number of hydrogen-bond acceptors (Lipinski definition) is 0. The van der Waals surface area contributed by atoms with Gasteiger partial charge in [-0.2, -0.15) is 0 Å². The van der Waals surface area contributed by atoms with Gasteiger partial charge in [0.1, 0.15) is 0 Å². The predicted octanol–water partition coefficient (Wildman–Crippen LogP) is 8.27. The van der Waals surface area contributed by atoms with Crippen molar-refractivity contribution in [2.45, 2.75) is 71.1 Å². The molecule has 0 N–H and O–H groups in total. The van der Waals surface area contributed by atoms with Crippen molar-refractivity contribution in [1.82, 2.24) is 0 Å². The zero-order valence-electron chi connectivity index (χ0n) is 18.6. The Morgan fingerprint density at radius 1 is 0.733 bits per heavy atom. The van der Waals surface area contributed by atoms with Crippen molar-refractivity contribution in [2.75, 3.05) is 0 Å². The SMILES string of the molecule is CCCCc1ccc2cc(C#Cc3ccc(C4CCC(CC)CC4)cc3)ccc2c1. The zero-order valence-corrected chi connectivity index (χ0v) is 18.6. The topological polar surface area (TPSA) is 0 Å². The quantitative estimate of drug-likeness (QED) is 0.382. The van der Waals surface area contributed by atoms with Crippen LogP contribution in [-0.4, -0.2) is 0 Å². The number of rotatable bonds is 5. The highest BCUT2D eigenvalue weighted by atomic mass is 14.3. The highest BCUT2D eigenvalue weighted by Crippen LogP contribution is 2.36. The number of benzene rings is 3. The minimum absolute atomic E-state index is 0.748. The molecule has 30 heavy (non-hydrogen) atoms. The number of hydrogen-bond donors (Lipinski definition) is 0. The molecule has 0 aliphatic heterocycles. The van der Waals surface area contributed by atoms with Crippen molar-refractivity contribution in [3.05, 3.63) is 82.9 Å². The van der Waals surface area contributed by atoms with Gasteiger partial charge >= 0.3 is 0 Å². The molecule has 0 amide bonds. The third-order valence-electron chi connectivity index (χ3n) is 6.88. The molecule has 3 aromatic carbocycles. The fourth-order valence-electron chi connectivity index (χ4n) is 4.80. The number of aryl methyl sites for hydroxylation is 1. The van der Waals surface area contributed by atoms with Crippen LogP contribution in [0.4, 0.5) is 0 Å². The van der Waals surface area contributed by atoms with E-state index in [9.17, 15) is 0 Å². The molecule has 0 radical (unpaired) electrons. The molecule has 3 aromatic rings. The van der Waals surface area contributed by atoms with Gasteiger partial charge in [-0.1, -0.05) is 74.9 Å². The normalized spacial score (nSPS) is 18.7. The highest BCUT2D eigenvalue weighted by molar-refractivity contribution is 5.84. The van der Waals surface area contributed by atoms with Gasteiger partial charge in [0.25, 0.3) is 0 Å². The molecule has 0 aromatic heterocycles. The minimum Gasteiger partial charge on any atom is -0.0654 e. The summed E-state index contributed by atoms with van der Waals surface area (Å²) >= 11 is 0. The standard InChI is InChI=1S/C30H34/c1-3-5-6-25-13-19-30-22-26(14-20-29(30)21-25)8-7-24-11-17-28(18-12-24)27-15-9-23(4-2)10-16-27/h11-14,17-23,27H,3-6,9-10,15-16H2,1-2H3. The fourth-order valence-corrected chi connectivity index (χ4v) is 4.80. The molecule has 1 aliphatic carbocycles. The largest absolute Gasteiger partial charge is 0.0654 e. The van der Waals surface area contributed by atoms with Gasteiger partial charge in [0, 0.05) is 11.1 Å². The van der Waals surface area contributed by atoms with Gasteiger partial charge in [0.15, 0.2) is 0 Å². The second kappa shape index (κ2) is 9.99. The van der Waals surface area contributed by atoms with Crippen molar-refractivity contribution >= 4 is 10.8 Å². The van der Waals surface area contributed by atoms with E-state index in [1.54, 1.807) is 0 Å². The summed E-state index contributed by atoms with van der Waals surface area (Å²) in [4.78, 5) is 0. The van der Waals surface area contributed by atoms with E-state index in [0.717, 1.165) is 23.0 Å². The van der Waals surface area contributed by atoms with Crippen molar-refractivity contribution in [2.24, 2.45) is 5.92 Å². The van der Waals surface area contributed by atoms with Crippen molar-refractivity contribution < 1.29 is 0 Å². The van der Waals surface area contributed by atoms with Crippen LogP contribution >= 0.6 is 0 Å². The van der Waals surface area contributed by atoms with Gasteiger partial charge < -0.3 is 0 Å². The van der Waals surface area contributed by atoms with Crippen LogP contribution in [0.3, 0.4) is 0 Å². The zero-order chi connectivity index (χ0) is 20.8. The third-order valence-corrected chi connectivity index (χ3v) is 6.88. The van der Waals surface area contributed by atoms with Gasteiger partial charge in [-0.15, -0.1) is 0 Å². The van der Waals surface area contributed by atoms with E-state index in [-0.39, 0.29) is 0 Å². The van der Waals surface area contributed by atoms with Crippen LogP contribution in [0.5, 0.6) is 0 Å². The Kier molecular flexibility index (Phi) is 6.91. The first-order valence-electron chi connectivity index (χ1n) is 11.9. The Morgan fingerprint density at radius 3 is 2.13 bits per heavy atom. The third kappa shape index (κ3) is 5.14. The van der Waals surface area contributed by atoms with Crippen LogP contribution in [0.1, 0.15) is 87.0 Å². The van der Waals surface area contributed by atoms with E-state index < -0.39 is 0 Å². The minimum atomic E-state index is 0.748. The summed E-state index contributed by atoms with van der Waals surface area (Å²) in [6.07, 6.45) is 10.5. The lowest BCUT2D eigenvalue weighted by atomic mass is 9.78. The summed E-state index contributed by atoms with van der Waals surface area (Å²) in [5.41, 5.74) is 5.13. The van der Waals surface area contributed by atoms with Gasteiger partial charge in [-0.05, 0) is 96.5 Å². The van der Waals surface area contributed by atoms with Crippen molar-refractivity contribution in [3.8, 4) is 11.8 Å². The summed E-state index contributed by atoms with van der Waals surface area (Å²) < 4.78 is 0. The van der Waals surface area contributed by atoms with E-state index >= 15 is 0 Å². The summed E-state index contributed by atoms with van der Waals surface area (Å²) in [6.45, 7) is 4.58. The summed E-state index contributed by atoms with van der Waals surface area (Å²) in [5, 5.41) is 2.59. The van der Waals surface area contributed by atoms with Gasteiger partial charge in [-0.25, -0.2) is 0 Å². The Hall–Kier alpha value is -2.52. The lowest BCUT2D eigenvalue weighted by molar-refractivity contribution is 0.319. The molecule has 0 heterocycles. The van der Waals surface area contributed by atoms with Gasteiger partial charge in [-0.3, -0.25) is 0 Å². The summed E-state index contributed by atoms with van der Waals surface area (Å²) in [5.74, 6) is 8.43. The maximum Gasteiger partial charge on any atom is 0.0255 e. The molecule has 4 rings (SSSR count). The first-order valence-corrected chi connectivity index (χ1v) is 11.9. The second-order valence-corrected chi connectivity index (χ2v) is 9.00. The lowest BCUT2D eigenvalue weighted by Gasteiger charge is -2.28. The van der Waals surface area contributed by atoms with Crippen LogP contribution < -0.4 is 0 Å². The molecule has 0 heteroatoms. The number of fused-ring (bicyclic) bond motifs is 1. The first kappa shape index (κ1) is 20.7. The maximum atomic E-state index is 3.36. The average molecular weight is 395 g/mol. The molecule has 1 saturated carbocycles.